The van der Waals surface area contributed by atoms with E-state index < -0.39 is 5.60 Å². The molecule has 0 fully saturated rings. The van der Waals surface area contributed by atoms with Crippen LogP contribution in [0.3, 0.4) is 0 Å². The first-order valence-electron chi connectivity index (χ1n) is 7.89. The third-order valence-corrected chi connectivity index (χ3v) is 3.81. The molecule has 1 atom stereocenters. The molecule has 0 aliphatic heterocycles. The van der Waals surface area contributed by atoms with Crippen LogP contribution in [0.25, 0.3) is 0 Å². The minimum Gasteiger partial charge on any atom is -0.383 e. The molecule has 1 aromatic carbocycles. The molecule has 2 aromatic rings. The van der Waals surface area contributed by atoms with Crippen molar-refractivity contribution in [2.24, 2.45) is 0 Å². The Morgan fingerprint density at radius 3 is 2.54 bits per heavy atom. The largest absolute Gasteiger partial charge is 0.383 e. The Morgan fingerprint density at radius 1 is 1.25 bits per heavy atom. The van der Waals surface area contributed by atoms with E-state index in [1.54, 1.807) is 26.3 Å². The quantitative estimate of drug-likeness (QED) is 0.817. The predicted octanol–water partition coefficient (Wildman–Crippen LogP) is 2.16. The summed E-state index contributed by atoms with van der Waals surface area (Å²) in [5.41, 5.74) is 2.82. The van der Waals surface area contributed by atoms with Crippen molar-refractivity contribution in [3.05, 3.63) is 65.0 Å². The summed E-state index contributed by atoms with van der Waals surface area (Å²) in [6, 6.07) is 11.8. The molecule has 0 saturated heterocycles. The van der Waals surface area contributed by atoms with Gasteiger partial charge in [-0.25, -0.2) is 0 Å². The van der Waals surface area contributed by atoms with E-state index in [1.807, 2.05) is 30.3 Å². The zero-order valence-electron chi connectivity index (χ0n) is 14.4. The molecule has 0 aliphatic carbocycles. The minimum absolute atomic E-state index is 0.0387. The van der Waals surface area contributed by atoms with Gasteiger partial charge in [-0.1, -0.05) is 24.3 Å². The number of ether oxygens (including phenoxy) is 1. The van der Waals surface area contributed by atoms with Gasteiger partial charge >= 0.3 is 0 Å². The summed E-state index contributed by atoms with van der Waals surface area (Å²) in [5.74, 6) is -0.0387. The first-order chi connectivity index (χ1) is 11.4. The van der Waals surface area contributed by atoms with E-state index >= 15 is 0 Å². The van der Waals surface area contributed by atoms with Crippen LogP contribution < -0.4 is 5.32 Å². The van der Waals surface area contributed by atoms with Gasteiger partial charge in [0.2, 0.25) is 5.91 Å². The fourth-order valence-corrected chi connectivity index (χ4v) is 2.48. The summed E-state index contributed by atoms with van der Waals surface area (Å²) in [6.07, 6.45) is 2.39. The Hall–Kier alpha value is -2.24. The zero-order valence-corrected chi connectivity index (χ0v) is 14.4. The van der Waals surface area contributed by atoms with Gasteiger partial charge in [-0.15, -0.1) is 0 Å². The van der Waals surface area contributed by atoms with E-state index in [4.69, 9.17) is 4.74 Å². The number of aliphatic hydroxyl groups is 1. The average Bonchev–Trinajstić information content (AvgIpc) is 2.54. The van der Waals surface area contributed by atoms with Gasteiger partial charge in [0.25, 0.3) is 0 Å². The molecule has 1 heterocycles. The molecule has 24 heavy (non-hydrogen) atoms. The lowest BCUT2D eigenvalue weighted by Gasteiger charge is -2.23. The summed E-state index contributed by atoms with van der Waals surface area (Å²) >= 11 is 0. The van der Waals surface area contributed by atoms with Crippen molar-refractivity contribution < 1.29 is 14.6 Å². The number of carbonyl (C=O) groups excluding carboxylic acids is 1. The highest BCUT2D eigenvalue weighted by Gasteiger charge is 2.23. The first-order valence-corrected chi connectivity index (χ1v) is 7.89. The fraction of sp³-hybridized carbons (Fsp3) is 0.368. The number of carbonyl (C=O) groups is 1. The van der Waals surface area contributed by atoms with Gasteiger partial charge in [-0.2, -0.15) is 0 Å². The highest BCUT2D eigenvalue weighted by Crippen LogP contribution is 2.22. The van der Waals surface area contributed by atoms with Crippen LogP contribution in [0.2, 0.25) is 0 Å². The Bertz CT molecular complexity index is 681. The molecule has 2 N–H and O–H groups in total. The lowest BCUT2D eigenvalue weighted by atomic mass is 9.96. The Labute approximate surface area is 142 Å². The third-order valence-electron chi connectivity index (χ3n) is 3.81. The van der Waals surface area contributed by atoms with E-state index in [2.05, 4.69) is 10.3 Å². The van der Waals surface area contributed by atoms with Crippen molar-refractivity contribution in [1.29, 1.82) is 0 Å². The monoisotopic (exact) mass is 328 g/mol. The number of benzene rings is 1. The first kappa shape index (κ1) is 18.1. The number of methoxy groups -OCH3 is 1. The van der Waals surface area contributed by atoms with Crippen LogP contribution in [-0.4, -0.2) is 29.7 Å². The van der Waals surface area contributed by atoms with Crippen molar-refractivity contribution in [2.75, 3.05) is 13.7 Å². The Morgan fingerprint density at radius 2 is 1.92 bits per heavy atom. The zero-order chi connectivity index (χ0) is 17.6. The average molecular weight is 328 g/mol. The van der Waals surface area contributed by atoms with E-state index in [0.717, 1.165) is 22.4 Å². The molecule has 5 nitrogen and oxygen atoms in total. The number of nitrogens with zero attached hydrogens (tertiary/aromatic N) is 1. The van der Waals surface area contributed by atoms with E-state index in [0.29, 0.717) is 13.0 Å². The highest BCUT2D eigenvalue weighted by atomic mass is 16.5. The van der Waals surface area contributed by atoms with E-state index in [9.17, 15) is 9.90 Å². The second-order valence-corrected chi connectivity index (χ2v) is 6.15. The van der Waals surface area contributed by atoms with Crippen molar-refractivity contribution in [2.45, 2.75) is 32.4 Å². The molecule has 0 radical (unpaired) electrons. The van der Waals surface area contributed by atoms with Crippen molar-refractivity contribution in [3.63, 3.8) is 0 Å². The number of nitrogens with one attached hydrogen (secondary N) is 1. The molecule has 0 bridgehead atoms. The minimum atomic E-state index is -1.03. The molecule has 0 saturated carbocycles. The number of aromatic nitrogens is 1. The topological polar surface area (TPSA) is 71.5 Å². The molecule has 5 heteroatoms. The molecule has 1 amide bonds. The molecule has 2 rings (SSSR count). The van der Waals surface area contributed by atoms with Crippen LogP contribution in [0.1, 0.15) is 36.2 Å². The van der Waals surface area contributed by atoms with Crippen LogP contribution in [-0.2, 0) is 28.1 Å². The standard InChI is InChI=1S/C19H24N2O3/c1-14(22)21-12-16-6-4-15(5-7-16)10-18-11-17(8-9-20-18)19(2,23)13-24-3/h4-9,11,23H,10,12-13H2,1-3H3,(H,21,22). The summed E-state index contributed by atoms with van der Waals surface area (Å²) in [5, 5.41) is 13.2. The number of pyridine rings is 1. The van der Waals surface area contributed by atoms with Gasteiger partial charge in [0.05, 0.1) is 6.61 Å². The molecule has 0 spiro atoms. The van der Waals surface area contributed by atoms with Gasteiger partial charge in [0.1, 0.15) is 5.60 Å². The van der Waals surface area contributed by atoms with Gasteiger partial charge in [0, 0.05) is 38.9 Å². The lowest BCUT2D eigenvalue weighted by molar-refractivity contribution is -0.119. The van der Waals surface area contributed by atoms with Gasteiger partial charge < -0.3 is 15.2 Å². The van der Waals surface area contributed by atoms with Crippen LogP contribution in [0.5, 0.6) is 0 Å². The summed E-state index contributed by atoms with van der Waals surface area (Å²) in [4.78, 5) is 15.3. The second kappa shape index (κ2) is 8.04. The maximum Gasteiger partial charge on any atom is 0.217 e. The summed E-state index contributed by atoms with van der Waals surface area (Å²) < 4.78 is 5.07. The molecular formula is C19H24N2O3. The molecule has 0 aliphatic rings. The van der Waals surface area contributed by atoms with Crippen molar-refractivity contribution in [1.82, 2.24) is 10.3 Å². The molecule has 1 aromatic heterocycles. The van der Waals surface area contributed by atoms with Gasteiger partial charge in [0.15, 0.2) is 0 Å². The Kier molecular flexibility index (Phi) is 6.06. The van der Waals surface area contributed by atoms with Crippen LogP contribution in [0.15, 0.2) is 42.6 Å². The number of amides is 1. The maximum absolute atomic E-state index is 10.9. The lowest BCUT2D eigenvalue weighted by Crippen LogP contribution is -2.27. The summed E-state index contributed by atoms with van der Waals surface area (Å²) in [7, 11) is 1.57. The SMILES string of the molecule is COCC(C)(O)c1ccnc(Cc2ccc(CNC(C)=O)cc2)c1. The van der Waals surface area contributed by atoms with Gasteiger partial charge in [-0.05, 0) is 35.7 Å². The van der Waals surface area contributed by atoms with E-state index in [1.165, 1.54) is 6.92 Å². The van der Waals surface area contributed by atoms with Gasteiger partial charge in [-0.3, -0.25) is 9.78 Å². The highest BCUT2D eigenvalue weighted by molar-refractivity contribution is 5.72. The normalized spacial score (nSPS) is 13.3. The van der Waals surface area contributed by atoms with Crippen molar-refractivity contribution >= 4 is 5.91 Å². The summed E-state index contributed by atoms with van der Waals surface area (Å²) in [6.45, 7) is 4.00. The van der Waals surface area contributed by atoms with Crippen LogP contribution in [0.4, 0.5) is 0 Å². The smallest absolute Gasteiger partial charge is 0.217 e. The molecular weight excluding hydrogens is 304 g/mol. The van der Waals surface area contributed by atoms with Crippen molar-refractivity contribution in [3.8, 4) is 0 Å². The second-order valence-electron chi connectivity index (χ2n) is 6.15. The Balaban J connectivity index is 2.07. The number of hydrogen-bond acceptors (Lipinski definition) is 4. The van der Waals surface area contributed by atoms with E-state index in [-0.39, 0.29) is 12.5 Å². The number of hydrogen-bond donors (Lipinski definition) is 2. The third kappa shape index (κ3) is 5.15. The number of rotatable bonds is 7. The fourth-order valence-electron chi connectivity index (χ4n) is 2.48. The van der Waals surface area contributed by atoms with Crippen LogP contribution in [0, 0.1) is 0 Å². The molecule has 128 valence electrons. The van der Waals surface area contributed by atoms with Crippen LogP contribution >= 0.6 is 0 Å². The predicted molar refractivity (Wildman–Crippen MR) is 92.5 cm³/mol. The molecule has 1 unspecified atom stereocenters. The maximum atomic E-state index is 10.9.